The summed E-state index contributed by atoms with van der Waals surface area (Å²) in [6.45, 7) is 6.30. The van der Waals surface area contributed by atoms with Gasteiger partial charge in [0.15, 0.2) is 0 Å². The maximum absolute atomic E-state index is 3.28. The highest BCUT2D eigenvalue weighted by molar-refractivity contribution is 6.77. The molecule has 1 aliphatic heterocycles. The number of rotatable bonds is 2. The van der Waals surface area contributed by atoms with Crippen LogP contribution in [0.3, 0.4) is 0 Å². The smallest absolute Gasteiger partial charge is 0.0473 e. The third-order valence-electron chi connectivity index (χ3n) is 2.95. The van der Waals surface area contributed by atoms with Crippen LogP contribution in [0.25, 0.3) is 0 Å². The zero-order chi connectivity index (χ0) is 8.32. The molecule has 66 valence electrons. The molecule has 1 aliphatic rings. The number of hydrogen-bond donors (Lipinski definition) is 1. The molecule has 0 amide bonds. The predicted octanol–water partition coefficient (Wildman–Crippen LogP) is 2.32. The van der Waals surface area contributed by atoms with Crippen molar-refractivity contribution in [3.05, 3.63) is 0 Å². The molecular weight excluding hydrogens is 150 g/mol. The molecule has 0 saturated carbocycles. The number of nitrogens with one attached hydrogen (secondary N) is 1. The summed E-state index contributed by atoms with van der Waals surface area (Å²) >= 11 is 0. The van der Waals surface area contributed by atoms with E-state index in [1.165, 1.54) is 19.4 Å². The molecule has 11 heavy (non-hydrogen) atoms. The monoisotopic (exact) mass is 171 g/mol. The fourth-order valence-corrected chi connectivity index (χ4v) is 4.58. The van der Waals surface area contributed by atoms with Gasteiger partial charge in [-0.15, -0.1) is 0 Å². The summed E-state index contributed by atoms with van der Waals surface area (Å²) in [6.07, 6.45) is 2.97. The van der Waals surface area contributed by atoms with Gasteiger partial charge in [0.25, 0.3) is 0 Å². The van der Waals surface area contributed by atoms with Crippen LogP contribution in [0.4, 0.5) is 0 Å². The maximum Gasteiger partial charge on any atom is 0.0473 e. The van der Waals surface area contributed by atoms with Crippen LogP contribution < -0.4 is 5.32 Å². The fourth-order valence-electron chi connectivity index (χ4n) is 1.95. The SMILES string of the molecule is CNCC1CC[Si](C)(C)CC1. The van der Waals surface area contributed by atoms with Gasteiger partial charge >= 0.3 is 0 Å². The molecule has 0 atom stereocenters. The molecule has 2 heteroatoms. The third kappa shape index (κ3) is 2.95. The van der Waals surface area contributed by atoms with Gasteiger partial charge in [0, 0.05) is 8.07 Å². The Labute approximate surface area is 71.6 Å². The Bertz CT molecular complexity index is 113. The van der Waals surface area contributed by atoms with E-state index in [1.807, 2.05) is 0 Å². The molecule has 0 aromatic rings. The van der Waals surface area contributed by atoms with Gasteiger partial charge in [0.1, 0.15) is 0 Å². The quantitative estimate of drug-likeness (QED) is 0.629. The van der Waals surface area contributed by atoms with Crippen molar-refractivity contribution in [2.24, 2.45) is 5.92 Å². The molecule has 0 unspecified atom stereocenters. The topological polar surface area (TPSA) is 12.0 Å². The molecule has 0 spiro atoms. The minimum Gasteiger partial charge on any atom is -0.319 e. The normalized spacial score (nSPS) is 25.4. The highest BCUT2D eigenvalue weighted by Gasteiger charge is 2.27. The summed E-state index contributed by atoms with van der Waals surface area (Å²) in [5, 5.41) is 3.28. The van der Waals surface area contributed by atoms with E-state index in [9.17, 15) is 0 Å². The van der Waals surface area contributed by atoms with E-state index in [-0.39, 0.29) is 0 Å². The zero-order valence-electron chi connectivity index (χ0n) is 8.11. The lowest BCUT2D eigenvalue weighted by molar-refractivity contribution is 0.448. The molecule has 1 rings (SSSR count). The molecule has 0 aliphatic carbocycles. The molecule has 0 aromatic carbocycles. The van der Waals surface area contributed by atoms with E-state index in [2.05, 4.69) is 25.5 Å². The molecule has 1 nitrogen and oxygen atoms in total. The molecule has 1 saturated heterocycles. The second-order valence-corrected chi connectivity index (χ2v) is 9.99. The van der Waals surface area contributed by atoms with Crippen LogP contribution in [0.5, 0.6) is 0 Å². The lowest BCUT2D eigenvalue weighted by atomic mass is 10.0. The van der Waals surface area contributed by atoms with Gasteiger partial charge in [-0.2, -0.15) is 0 Å². The van der Waals surface area contributed by atoms with E-state index >= 15 is 0 Å². The van der Waals surface area contributed by atoms with Gasteiger partial charge in [-0.25, -0.2) is 0 Å². The predicted molar refractivity (Wildman–Crippen MR) is 53.7 cm³/mol. The lowest BCUT2D eigenvalue weighted by Gasteiger charge is -2.32. The van der Waals surface area contributed by atoms with Crippen molar-refractivity contribution in [3.8, 4) is 0 Å². The Morgan fingerprint density at radius 3 is 2.27 bits per heavy atom. The van der Waals surface area contributed by atoms with Crippen molar-refractivity contribution in [1.29, 1.82) is 0 Å². The first-order valence-corrected chi connectivity index (χ1v) is 8.20. The minimum absolute atomic E-state index is 0.689. The summed E-state index contributed by atoms with van der Waals surface area (Å²) in [6, 6.07) is 3.11. The molecule has 0 aromatic heterocycles. The van der Waals surface area contributed by atoms with E-state index in [0.29, 0.717) is 0 Å². The Morgan fingerprint density at radius 1 is 1.27 bits per heavy atom. The molecule has 0 radical (unpaired) electrons. The van der Waals surface area contributed by atoms with Crippen LogP contribution in [0.1, 0.15) is 12.8 Å². The average molecular weight is 171 g/mol. The molecule has 1 N–H and O–H groups in total. The Kier molecular flexibility index (Phi) is 3.13. The van der Waals surface area contributed by atoms with Crippen molar-refractivity contribution in [3.63, 3.8) is 0 Å². The fraction of sp³-hybridized carbons (Fsp3) is 1.00. The summed E-state index contributed by atoms with van der Waals surface area (Å²) in [4.78, 5) is 0. The highest BCUT2D eigenvalue weighted by atomic mass is 28.3. The number of hydrogen-bond acceptors (Lipinski definition) is 1. The van der Waals surface area contributed by atoms with Crippen LogP contribution in [-0.4, -0.2) is 21.7 Å². The van der Waals surface area contributed by atoms with Crippen molar-refractivity contribution in [2.75, 3.05) is 13.6 Å². The summed E-state index contributed by atoms with van der Waals surface area (Å²) in [7, 11) is 1.38. The van der Waals surface area contributed by atoms with Crippen molar-refractivity contribution < 1.29 is 0 Å². The van der Waals surface area contributed by atoms with Gasteiger partial charge in [-0.05, 0) is 19.5 Å². The second kappa shape index (κ2) is 3.72. The second-order valence-electron chi connectivity index (χ2n) is 4.67. The lowest BCUT2D eigenvalue weighted by Crippen LogP contribution is -2.33. The standard InChI is InChI=1S/C9H21NSi/c1-10-8-9-4-6-11(2,3)7-5-9/h9-10H,4-8H2,1-3H3. The molecular formula is C9H21NSi. The first kappa shape index (κ1) is 9.27. The van der Waals surface area contributed by atoms with Crippen LogP contribution in [0.2, 0.25) is 25.2 Å². The molecule has 1 fully saturated rings. The maximum atomic E-state index is 3.28. The van der Waals surface area contributed by atoms with Crippen molar-refractivity contribution >= 4 is 8.07 Å². The van der Waals surface area contributed by atoms with Crippen LogP contribution in [-0.2, 0) is 0 Å². The highest BCUT2D eigenvalue weighted by Crippen LogP contribution is 2.31. The average Bonchev–Trinajstić information content (AvgIpc) is 1.94. The first-order valence-electron chi connectivity index (χ1n) is 4.79. The van der Waals surface area contributed by atoms with E-state index < -0.39 is 8.07 Å². The summed E-state index contributed by atoms with van der Waals surface area (Å²) < 4.78 is 0. The molecule has 1 heterocycles. The van der Waals surface area contributed by atoms with Gasteiger partial charge in [-0.1, -0.05) is 38.0 Å². The van der Waals surface area contributed by atoms with E-state index in [1.54, 1.807) is 12.1 Å². The van der Waals surface area contributed by atoms with Gasteiger partial charge in [-0.3, -0.25) is 0 Å². The van der Waals surface area contributed by atoms with Crippen LogP contribution >= 0.6 is 0 Å². The third-order valence-corrected chi connectivity index (χ3v) is 6.24. The van der Waals surface area contributed by atoms with Gasteiger partial charge in [0.2, 0.25) is 0 Å². The van der Waals surface area contributed by atoms with Gasteiger partial charge < -0.3 is 5.32 Å². The van der Waals surface area contributed by atoms with Crippen molar-refractivity contribution in [1.82, 2.24) is 5.32 Å². The Balaban J connectivity index is 2.25. The van der Waals surface area contributed by atoms with E-state index in [4.69, 9.17) is 0 Å². The Morgan fingerprint density at radius 2 is 1.82 bits per heavy atom. The zero-order valence-corrected chi connectivity index (χ0v) is 9.11. The van der Waals surface area contributed by atoms with E-state index in [0.717, 1.165) is 5.92 Å². The van der Waals surface area contributed by atoms with Crippen LogP contribution in [0.15, 0.2) is 0 Å². The minimum atomic E-state index is -0.689. The summed E-state index contributed by atoms with van der Waals surface area (Å²) in [5.74, 6) is 0.987. The van der Waals surface area contributed by atoms with Crippen molar-refractivity contribution in [2.45, 2.75) is 38.0 Å². The largest absolute Gasteiger partial charge is 0.319 e. The summed E-state index contributed by atoms with van der Waals surface area (Å²) in [5.41, 5.74) is 0. The van der Waals surface area contributed by atoms with Crippen LogP contribution in [0, 0.1) is 5.92 Å². The molecule has 0 bridgehead atoms. The van der Waals surface area contributed by atoms with Gasteiger partial charge in [0.05, 0.1) is 0 Å². The first-order chi connectivity index (χ1) is 5.14. The Hall–Kier alpha value is 0.177.